The smallest absolute Gasteiger partial charge is 0.289 e. The van der Waals surface area contributed by atoms with E-state index in [1.54, 1.807) is 12.1 Å². The number of hydrogen-bond acceptors (Lipinski definition) is 5. The maximum atomic E-state index is 12.2. The number of nitrogens with zero attached hydrogens (tertiary/aromatic N) is 2. The number of amides is 1. The lowest BCUT2D eigenvalue weighted by molar-refractivity contribution is 0.0950. The molecule has 3 rings (SSSR count). The van der Waals surface area contributed by atoms with Gasteiger partial charge in [-0.25, -0.2) is 5.43 Å². The van der Waals surface area contributed by atoms with Gasteiger partial charge in [-0.1, -0.05) is 30.3 Å². The van der Waals surface area contributed by atoms with Crippen molar-refractivity contribution in [3.8, 4) is 22.8 Å². The van der Waals surface area contributed by atoms with Crippen LogP contribution in [0.1, 0.15) is 16.1 Å². The third kappa shape index (κ3) is 4.20. The first-order chi connectivity index (χ1) is 13.0. The Kier molecular flexibility index (Phi) is 5.92. The van der Waals surface area contributed by atoms with E-state index in [9.17, 15) is 9.90 Å². The summed E-state index contributed by atoms with van der Waals surface area (Å²) in [5.41, 5.74) is 4.89. The highest BCUT2D eigenvalue weighted by molar-refractivity contribution is 9.13. The van der Waals surface area contributed by atoms with Gasteiger partial charge in [0.1, 0.15) is 5.69 Å². The van der Waals surface area contributed by atoms with Crippen LogP contribution in [0.15, 0.2) is 56.5 Å². The van der Waals surface area contributed by atoms with Crippen molar-refractivity contribution in [2.24, 2.45) is 5.10 Å². The highest BCUT2D eigenvalue weighted by Gasteiger charge is 2.14. The molecule has 1 heterocycles. The fraction of sp³-hybridized carbons (Fsp3) is 0.0556. The Hall–Kier alpha value is -2.65. The number of phenolic OH excluding ortho intramolecular Hbond substituents is 1. The molecule has 0 radical (unpaired) electrons. The van der Waals surface area contributed by atoms with Gasteiger partial charge in [0.25, 0.3) is 5.91 Å². The number of H-pyrrole nitrogens is 1. The van der Waals surface area contributed by atoms with Gasteiger partial charge in [0.15, 0.2) is 11.5 Å². The van der Waals surface area contributed by atoms with Gasteiger partial charge in [-0.05, 0) is 44.0 Å². The number of carbonyl (C=O) groups is 1. The van der Waals surface area contributed by atoms with Gasteiger partial charge < -0.3 is 9.84 Å². The van der Waals surface area contributed by atoms with Gasteiger partial charge >= 0.3 is 0 Å². The third-order valence-corrected chi connectivity index (χ3v) is 5.81. The first-order valence-corrected chi connectivity index (χ1v) is 9.29. The number of aromatic amines is 1. The second-order valence-corrected chi connectivity index (χ2v) is 6.96. The monoisotopic (exact) mass is 492 g/mol. The molecule has 2 aromatic carbocycles. The fourth-order valence-electron chi connectivity index (χ4n) is 2.28. The van der Waals surface area contributed by atoms with Crippen LogP contribution >= 0.6 is 31.9 Å². The lowest BCUT2D eigenvalue weighted by atomic mass is 10.1. The molecule has 1 aromatic heterocycles. The maximum absolute atomic E-state index is 12.2. The van der Waals surface area contributed by atoms with E-state index in [2.05, 4.69) is 52.6 Å². The van der Waals surface area contributed by atoms with E-state index in [-0.39, 0.29) is 17.2 Å². The van der Waals surface area contributed by atoms with E-state index >= 15 is 0 Å². The molecule has 0 aliphatic heterocycles. The molecule has 138 valence electrons. The predicted octanol–water partition coefficient (Wildman–Crippen LogP) is 4.08. The maximum Gasteiger partial charge on any atom is 0.289 e. The lowest BCUT2D eigenvalue weighted by Crippen LogP contribution is -2.18. The SMILES string of the molecule is COc1cc(/C=N/NC(=O)c2cc(-c3ccccc3)n[nH]2)c(Br)c(Br)c1O. The van der Waals surface area contributed by atoms with E-state index in [0.29, 0.717) is 20.2 Å². The van der Waals surface area contributed by atoms with Crippen molar-refractivity contribution in [2.75, 3.05) is 7.11 Å². The van der Waals surface area contributed by atoms with Crippen molar-refractivity contribution >= 4 is 44.0 Å². The second kappa shape index (κ2) is 8.36. The van der Waals surface area contributed by atoms with Crippen LogP contribution in [0.4, 0.5) is 0 Å². The minimum absolute atomic E-state index is 0.0311. The van der Waals surface area contributed by atoms with Crippen molar-refractivity contribution in [3.05, 3.63) is 62.7 Å². The van der Waals surface area contributed by atoms with Crippen molar-refractivity contribution in [1.29, 1.82) is 0 Å². The number of phenols is 1. The van der Waals surface area contributed by atoms with Gasteiger partial charge in [-0.15, -0.1) is 0 Å². The molecular formula is C18H14Br2N4O3. The first kappa shape index (κ1) is 19.1. The number of hydrazone groups is 1. The highest BCUT2D eigenvalue weighted by Crippen LogP contribution is 2.41. The third-order valence-electron chi connectivity index (χ3n) is 3.66. The van der Waals surface area contributed by atoms with E-state index in [1.165, 1.54) is 13.3 Å². The van der Waals surface area contributed by atoms with E-state index in [4.69, 9.17) is 4.74 Å². The number of rotatable bonds is 5. The number of hydrogen-bond donors (Lipinski definition) is 3. The van der Waals surface area contributed by atoms with Gasteiger partial charge in [0.05, 0.1) is 23.5 Å². The average Bonchev–Trinajstić information content (AvgIpc) is 3.19. The van der Waals surface area contributed by atoms with Crippen LogP contribution in [0, 0.1) is 0 Å². The van der Waals surface area contributed by atoms with Gasteiger partial charge in [0, 0.05) is 15.6 Å². The summed E-state index contributed by atoms with van der Waals surface area (Å²) >= 11 is 6.62. The largest absolute Gasteiger partial charge is 0.503 e. The zero-order chi connectivity index (χ0) is 19.4. The molecule has 7 nitrogen and oxygen atoms in total. The van der Waals surface area contributed by atoms with Gasteiger partial charge in [0.2, 0.25) is 0 Å². The van der Waals surface area contributed by atoms with Gasteiger partial charge in [-0.3, -0.25) is 9.89 Å². The Labute approximate surface area is 171 Å². The second-order valence-electron chi connectivity index (χ2n) is 5.38. The minimum atomic E-state index is -0.429. The quantitative estimate of drug-likeness (QED) is 0.368. The van der Waals surface area contributed by atoms with Crippen molar-refractivity contribution in [3.63, 3.8) is 0 Å². The van der Waals surface area contributed by atoms with Gasteiger partial charge in [-0.2, -0.15) is 10.2 Å². The summed E-state index contributed by atoms with van der Waals surface area (Å²) in [5.74, 6) is -0.183. The molecule has 0 fully saturated rings. The molecule has 0 spiro atoms. The molecular weight excluding hydrogens is 480 g/mol. The number of aromatic nitrogens is 2. The first-order valence-electron chi connectivity index (χ1n) is 7.70. The summed E-state index contributed by atoms with van der Waals surface area (Å²) in [6, 6.07) is 12.8. The summed E-state index contributed by atoms with van der Waals surface area (Å²) in [6.07, 6.45) is 1.43. The zero-order valence-corrected chi connectivity index (χ0v) is 17.2. The number of nitrogens with one attached hydrogen (secondary N) is 2. The summed E-state index contributed by atoms with van der Waals surface area (Å²) in [4.78, 5) is 12.2. The number of ether oxygens (including phenoxy) is 1. The van der Waals surface area contributed by atoms with Crippen LogP contribution in [0.3, 0.4) is 0 Å². The molecule has 0 bridgehead atoms. The molecule has 0 aliphatic rings. The number of methoxy groups -OCH3 is 1. The molecule has 9 heteroatoms. The van der Waals surface area contributed by atoms with Crippen molar-refractivity contribution < 1.29 is 14.6 Å². The molecule has 0 atom stereocenters. The highest BCUT2D eigenvalue weighted by atomic mass is 79.9. The van der Waals surface area contributed by atoms with E-state index in [0.717, 1.165) is 5.56 Å². The molecule has 3 N–H and O–H groups in total. The summed E-state index contributed by atoms with van der Waals surface area (Å²) in [7, 11) is 1.45. The molecule has 0 aliphatic carbocycles. The van der Waals surface area contributed by atoms with Crippen LogP contribution < -0.4 is 10.2 Å². The Bertz CT molecular complexity index is 1000. The Morgan fingerprint density at radius 1 is 1.26 bits per heavy atom. The standard InChI is InChI=1S/C18H14Br2N4O3/c1-27-14-7-11(15(19)16(20)17(14)25)9-21-24-18(26)13-8-12(22-23-13)10-5-3-2-4-6-10/h2-9,25H,1H3,(H,22,23)(H,24,26)/b21-9+. The van der Waals surface area contributed by atoms with Crippen LogP contribution in [-0.4, -0.2) is 34.5 Å². The molecule has 27 heavy (non-hydrogen) atoms. The van der Waals surface area contributed by atoms with E-state index in [1.807, 2.05) is 30.3 Å². The minimum Gasteiger partial charge on any atom is -0.503 e. The van der Waals surface area contributed by atoms with Crippen LogP contribution in [0.25, 0.3) is 11.3 Å². The van der Waals surface area contributed by atoms with E-state index < -0.39 is 5.91 Å². The van der Waals surface area contributed by atoms with Crippen molar-refractivity contribution in [1.82, 2.24) is 15.6 Å². The Morgan fingerprint density at radius 3 is 2.70 bits per heavy atom. The number of halogens is 2. The molecule has 1 amide bonds. The zero-order valence-electron chi connectivity index (χ0n) is 14.0. The number of carbonyl (C=O) groups excluding carboxylic acids is 1. The predicted molar refractivity (Wildman–Crippen MR) is 109 cm³/mol. The Balaban J connectivity index is 1.73. The normalized spacial score (nSPS) is 10.9. The number of benzene rings is 2. The summed E-state index contributed by atoms with van der Waals surface area (Å²) in [5, 5.41) is 20.7. The summed E-state index contributed by atoms with van der Waals surface area (Å²) in [6.45, 7) is 0. The molecule has 3 aromatic rings. The number of aromatic hydroxyl groups is 1. The van der Waals surface area contributed by atoms with Crippen LogP contribution in [0.2, 0.25) is 0 Å². The summed E-state index contributed by atoms with van der Waals surface area (Å²) < 4.78 is 6.10. The molecule has 0 saturated heterocycles. The molecule has 0 unspecified atom stereocenters. The van der Waals surface area contributed by atoms with Crippen LogP contribution in [-0.2, 0) is 0 Å². The fourth-order valence-corrected chi connectivity index (χ4v) is 3.11. The molecule has 0 saturated carbocycles. The Morgan fingerprint density at radius 2 is 2.00 bits per heavy atom. The topological polar surface area (TPSA) is 99.6 Å². The lowest BCUT2D eigenvalue weighted by Gasteiger charge is -2.09. The average molecular weight is 494 g/mol. The van der Waals surface area contributed by atoms with Crippen molar-refractivity contribution in [2.45, 2.75) is 0 Å². The van der Waals surface area contributed by atoms with Crippen LogP contribution in [0.5, 0.6) is 11.5 Å².